The van der Waals surface area contributed by atoms with Gasteiger partial charge in [0.15, 0.2) is 17.5 Å². The second kappa shape index (κ2) is 14.2. The maximum atomic E-state index is 16.3. The van der Waals surface area contributed by atoms with Crippen molar-refractivity contribution < 1.29 is 19.0 Å². The highest BCUT2D eigenvalue weighted by atomic mass is 19.1. The van der Waals surface area contributed by atoms with E-state index in [0.717, 1.165) is 50.3 Å². The number of benzene rings is 1. The number of fused-ring (bicyclic) bond motifs is 1. The van der Waals surface area contributed by atoms with Gasteiger partial charge >= 0.3 is 0 Å². The number of ether oxygens (including phenoxy) is 1. The number of nitrogens with zero attached hydrogens (tertiary/aromatic N) is 7. The maximum Gasteiger partial charge on any atom is 0.248 e. The Bertz CT molecular complexity index is 1590. The number of rotatable bonds is 11. The number of hydrogen-bond donors (Lipinski definition) is 3. The van der Waals surface area contributed by atoms with Crippen molar-refractivity contribution in [1.29, 1.82) is 0 Å². The standard InChI is InChI=1S/C32H40FN9O3/c1-34-11-18-45-25-9-7-23(8-10-25)20-39-14-16-40(17-15-39)32-29(33)31(36-24-5-4-12-41(21-24)28(44)22-43)37-30(38-32)26-19-35-42-13-3-2-6-27(26)42/h2-3,6-10,13,19,24,34,43H,4-5,11-12,14-18,20-22H2,1H3,(H,36,37,38)/t24-/m1/s1. The van der Waals surface area contributed by atoms with Crippen LogP contribution < -0.4 is 20.3 Å². The number of anilines is 2. The Morgan fingerprint density at radius 1 is 1.09 bits per heavy atom. The zero-order valence-electron chi connectivity index (χ0n) is 25.5. The number of nitrogens with one attached hydrogen (secondary N) is 2. The lowest BCUT2D eigenvalue weighted by molar-refractivity contribution is -0.135. The van der Waals surface area contributed by atoms with Crippen LogP contribution in [0.1, 0.15) is 18.4 Å². The second-order valence-electron chi connectivity index (χ2n) is 11.5. The molecule has 4 aromatic rings. The number of halogens is 1. The van der Waals surface area contributed by atoms with E-state index >= 15 is 4.39 Å². The Hall–Kier alpha value is -4.33. The summed E-state index contributed by atoms with van der Waals surface area (Å²) in [5.74, 6) is 0.749. The van der Waals surface area contributed by atoms with E-state index in [1.54, 1.807) is 15.6 Å². The summed E-state index contributed by atoms with van der Waals surface area (Å²) in [6.45, 7) is 5.32. The van der Waals surface area contributed by atoms with Crippen LogP contribution in [0.4, 0.5) is 16.0 Å². The number of pyridine rings is 1. The average Bonchev–Trinajstić information content (AvgIpc) is 3.51. The van der Waals surface area contributed by atoms with Crippen LogP contribution in [0.5, 0.6) is 5.75 Å². The molecular weight excluding hydrogens is 577 g/mol. The number of carbonyl (C=O) groups is 1. The van der Waals surface area contributed by atoms with Crippen molar-refractivity contribution in [3.05, 3.63) is 66.2 Å². The van der Waals surface area contributed by atoms with E-state index in [2.05, 4.69) is 37.7 Å². The number of hydrogen-bond acceptors (Lipinski definition) is 10. The minimum atomic E-state index is -0.541. The molecule has 0 radical (unpaired) electrons. The van der Waals surface area contributed by atoms with Crippen molar-refractivity contribution in [1.82, 2.24) is 34.7 Å². The van der Waals surface area contributed by atoms with Crippen LogP contribution in [0, 0.1) is 5.82 Å². The first-order valence-corrected chi connectivity index (χ1v) is 15.5. The Balaban J connectivity index is 1.20. The zero-order chi connectivity index (χ0) is 31.2. The Kier molecular flexibility index (Phi) is 9.67. The molecule has 1 aromatic carbocycles. The Morgan fingerprint density at radius 3 is 2.69 bits per heavy atom. The quantitative estimate of drug-likeness (QED) is 0.216. The molecule has 0 bridgehead atoms. The third-order valence-electron chi connectivity index (χ3n) is 8.37. The van der Waals surface area contributed by atoms with Gasteiger partial charge < -0.3 is 30.3 Å². The molecule has 0 saturated carbocycles. The first-order valence-electron chi connectivity index (χ1n) is 15.5. The number of likely N-dealkylation sites (tertiary alicyclic amines) is 1. The van der Waals surface area contributed by atoms with E-state index in [4.69, 9.17) is 9.72 Å². The van der Waals surface area contributed by atoms with E-state index in [9.17, 15) is 9.90 Å². The zero-order valence-corrected chi connectivity index (χ0v) is 25.5. The lowest BCUT2D eigenvalue weighted by Crippen LogP contribution is -2.47. The van der Waals surface area contributed by atoms with Crippen molar-refractivity contribution >= 4 is 23.1 Å². The van der Waals surface area contributed by atoms with E-state index in [1.165, 1.54) is 5.56 Å². The van der Waals surface area contributed by atoms with Crippen molar-refractivity contribution in [3.63, 3.8) is 0 Å². The number of likely N-dealkylation sites (N-methyl/N-ethyl adjacent to an activating group) is 1. The number of amides is 1. The van der Waals surface area contributed by atoms with Gasteiger partial charge in [0.1, 0.15) is 19.0 Å². The van der Waals surface area contributed by atoms with Crippen LogP contribution in [-0.4, -0.2) is 113 Å². The fourth-order valence-corrected chi connectivity index (χ4v) is 5.92. The fourth-order valence-electron chi connectivity index (χ4n) is 5.92. The number of aromatic nitrogens is 4. The third-order valence-corrected chi connectivity index (χ3v) is 8.37. The van der Waals surface area contributed by atoms with Gasteiger partial charge in [-0.1, -0.05) is 18.2 Å². The highest BCUT2D eigenvalue weighted by Crippen LogP contribution is 2.31. The van der Waals surface area contributed by atoms with E-state index in [1.807, 2.05) is 48.5 Å². The van der Waals surface area contributed by atoms with Crippen LogP contribution in [0.3, 0.4) is 0 Å². The molecule has 5 heterocycles. The lowest BCUT2D eigenvalue weighted by atomic mass is 10.1. The first-order chi connectivity index (χ1) is 22.0. The molecule has 2 saturated heterocycles. The van der Waals surface area contributed by atoms with Crippen molar-refractivity contribution in [3.8, 4) is 17.1 Å². The smallest absolute Gasteiger partial charge is 0.248 e. The van der Waals surface area contributed by atoms with Crippen molar-refractivity contribution in [2.45, 2.75) is 25.4 Å². The van der Waals surface area contributed by atoms with Gasteiger partial charge in [-0.2, -0.15) is 9.49 Å². The van der Waals surface area contributed by atoms with Crippen LogP contribution in [0.15, 0.2) is 54.9 Å². The molecular formula is C32H40FN9O3. The second-order valence-corrected chi connectivity index (χ2v) is 11.5. The molecule has 12 nitrogen and oxygen atoms in total. The van der Waals surface area contributed by atoms with Gasteiger partial charge in [-0.15, -0.1) is 0 Å². The minimum absolute atomic E-state index is 0.105. The highest BCUT2D eigenvalue weighted by Gasteiger charge is 2.28. The lowest BCUT2D eigenvalue weighted by Gasteiger charge is -2.36. The van der Waals surface area contributed by atoms with Crippen LogP contribution in [0.25, 0.3) is 16.9 Å². The van der Waals surface area contributed by atoms with Gasteiger partial charge in [-0.25, -0.2) is 14.5 Å². The summed E-state index contributed by atoms with van der Waals surface area (Å²) in [4.78, 5) is 27.5. The SMILES string of the molecule is CNCCOc1ccc(CN2CCN(c3nc(-c4cnn5ccccc45)nc(N[C@@H]4CCCN(C(=O)CO)C4)c3F)CC2)cc1. The molecule has 0 spiro atoms. The first kappa shape index (κ1) is 30.7. The highest BCUT2D eigenvalue weighted by molar-refractivity contribution is 5.78. The predicted molar refractivity (Wildman–Crippen MR) is 170 cm³/mol. The van der Waals surface area contributed by atoms with E-state index in [0.29, 0.717) is 44.2 Å². The number of aliphatic hydroxyl groups is 1. The Morgan fingerprint density at radius 2 is 1.91 bits per heavy atom. The van der Waals surface area contributed by atoms with Crippen LogP contribution in [0.2, 0.25) is 0 Å². The number of piperazine rings is 1. The van der Waals surface area contributed by atoms with Gasteiger partial charge in [0, 0.05) is 64.6 Å². The van der Waals surface area contributed by atoms with E-state index < -0.39 is 12.4 Å². The topological polar surface area (TPSA) is 123 Å². The van der Waals surface area contributed by atoms with Gasteiger partial charge in [0.25, 0.3) is 0 Å². The summed E-state index contributed by atoms with van der Waals surface area (Å²) < 4.78 is 23.7. The molecule has 238 valence electrons. The predicted octanol–water partition coefficient (Wildman–Crippen LogP) is 2.25. The summed E-state index contributed by atoms with van der Waals surface area (Å²) in [5.41, 5.74) is 2.72. The summed E-state index contributed by atoms with van der Waals surface area (Å²) in [6.07, 6.45) is 5.05. The molecule has 2 aliphatic rings. The van der Waals surface area contributed by atoms with Gasteiger partial charge in [-0.3, -0.25) is 9.69 Å². The third kappa shape index (κ3) is 7.16. The molecule has 0 aliphatic carbocycles. The minimum Gasteiger partial charge on any atom is -0.492 e. The molecule has 1 atom stereocenters. The molecule has 3 N–H and O–H groups in total. The van der Waals surface area contributed by atoms with Crippen molar-refractivity contribution in [2.24, 2.45) is 0 Å². The summed E-state index contributed by atoms with van der Waals surface area (Å²) in [5, 5.41) is 20.1. The van der Waals surface area contributed by atoms with Crippen LogP contribution in [-0.2, 0) is 11.3 Å². The van der Waals surface area contributed by atoms with Gasteiger partial charge in [-0.05, 0) is 49.7 Å². The molecule has 6 rings (SSSR count). The number of aliphatic hydroxyl groups excluding tert-OH is 1. The normalized spacial score (nSPS) is 17.5. The fraction of sp³-hybridized carbons (Fsp3) is 0.438. The monoisotopic (exact) mass is 617 g/mol. The van der Waals surface area contributed by atoms with Gasteiger partial charge in [0.2, 0.25) is 11.7 Å². The summed E-state index contributed by atoms with van der Waals surface area (Å²) in [7, 11) is 1.90. The summed E-state index contributed by atoms with van der Waals surface area (Å²) >= 11 is 0. The molecule has 2 aliphatic heterocycles. The molecule has 13 heteroatoms. The molecule has 2 fully saturated rings. The van der Waals surface area contributed by atoms with Crippen molar-refractivity contribution in [2.75, 3.05) is 76.3 Å². The number of piperidine rings is 1. The van der Waals surface area contributed by atoms with Crippen LogP contribution >= 0.6 is 0 Å². The molecule has 3 aromatic heterocycles. The van der Waals surface area contributed by atoms with Gasteiger partial charge in [0.05, 0.1) is 17.3 Å². The maximum absolute atomic E-state index is 16.3. The molecule has 45 heavy (non-hydrogen) atoms. The molecule has 1 amide bonds. The molecule has 0 unspecified atom stereocenters. The van der Waals surface area contributed by atoms with E-state index in [-0.39, 0.29) is 23.6 Å². The largest absolute Gasteiger partial charge is 0.492 e. The average molecular weight is 618 g/mol. The summed E-state index contributed by atoms with van der Waals surface area (Å²) in [6, 6.07) is 13.7. The number of carbonyl (C=O) groups excluding carboxylic acids is 1. The Labute approximate surface area is 261 Å².